The lowest BCUT2D eigenvalue weighted by Crippen LogP contribution is -2.29. The maximum absolute atomic E-state index is 13.1. The summed E-state index contributed by atoms with van der Waals surface area (Å²) in [5.41, 5.74) is 5.09. The Morgan fingerprint density at radius 1 is 1.00 bits per heavy atom. The molecule has 0 saturated carbocycles. The molecule has 1 amide bonds. The molecule has 3 nitrogen and oxygen atoms in total. The molecule has 1 saturated heterocycles. The van der Waals surface area contributed by atoms with Crippen LogP contribution in [0.4, 0.5) is 4.39 Å². The number of benzene rings is 3. The third-order valence-corrected chi connectivity index (χ3v) is 6.59. The van der Waals surface area contributed by atoms with Gasteiger partial charge in [-0.3, -0.25) is 9.69 Å². The van der Waals surface area contributed by atoms with Gasteiger partial charge in [0.15, 0.2) is 0 Å². The first-order valence-corrected chi connectivity index (χ1v) is 11.5. The van der Waals surface area contributed by atoms with E-state index >= 15 is 0 Å². The average molecular weight is 431 g/mol. The van der Waals surface area contributed by atoms with E-state index in [-0.39, 0.29) is 11.7 Å². The molecule has 2 unspecified atom stereocenters. The highest BCUT2D eigenvalue weighted by Gasteiger charge is 2.25. The van der Waals surface area contributed by atoms with Crippen molar-refractivity contribution >= 4 is 5.91 Å². The van der Waals surface area contributed by atoms with Crippen molar-refractivity contribution in [2.24, 2.45) is 0 Å². The van der Waals surface area contributed by atoms with Gasteiger partial charge in [-0.15, -0.1) is 0 Å². The Kier molecular flexibility index (Phi) is 7.01. The number of hydrogen-bond acceptors (Lipinski definition) is 2. The summed E-state index contributed by atoms with van der Waals surface area (Å²) in [4.78, 5) is 15.1. The summed E-state index contributed by atoms with van der Waals surface area (Å²) in [7, 11) is 0. The molecule has 3 aromatic rings. The van der Waals surface area contributed by atoms with Gasteiger partial charge in [0.1, 0.15) is 5.82 Å². The molecule has 1 aliphatic rings. The van der Waals surface area contributed by atoms with Crippen LogP contribution < -0.4 is 5.32 Å². The van der Waals surface area contributed by atoms with Gasteiger partial charge in [0.25, 0.3) is 5.91 Å². The van der Waals surface area contributed by atoms with Crippen LogP contribution in [-0.4, -0.2) is 29.9 Å². The lowest BCUT2D eigenvalue weighted by atomic mass is 10.0. The summed E-state index contributed by atoms with van der Waals surface area (Å²) >= 11 is 0. The molecule has 166 valence electrons. The molecular weight excluding hydrogens is 399 g/mol. The number of carbonyl (C=O) groups is 1. The first kappa shape index (κ1) is 22.2. The van der Waals surface area contributed by atoms with Crippen LogP contribution in [0.25, 0.3) is 11.1 Å². The summed E-state index contributed by atoms with van der Waals surface area (Å²) in [5, 5.41) is 3.01. The highest BCUT2D eigenvalue weighted by Crippen LogP contribution is 2.29. The SMILES string of the molecule is CC1CCCN1C(C)c1ccc(CCNC(=O)c2ccc(-c3ccc(F)cc3)cc2)cc1. The Balaban J connectivity index is 1.27. The Hall–Kier alpha value is -2.98. The van der Waals surface area contributed by atoms with Gasteiger partial charge in [-0.25, -0.2) is 4.39 Å². The van der Waals surface area contributed by atoms with Crippen molar-refractivity contribution in [2.75, 3.05) is 13.1 Å². The van der Waals surface area contributed by atoms with Gasteiger partial charge in [0.05, 0.1) is 0 Å². The predicted molar refractivity (Wildman–Crippen MR) is 128 cm³/mol. The quantitative estimate of drug-likeness (QED) is 0.498. The van der Waals surface area contributed by atoms with Crippen LogP contribution in [0.15, 0.2) is 72.8 Å². The molecule has 4 rings (SSSR count). The number of amides is 1. The van der Waals surface area contributed by atoms with Crippen LogP contribution in [0.5, 0.6) is 0 Å². The smallest absolute Gasteiger partial charge is 0.251 e. The van der Waals surface area contributed by atoms with E-state index in [9.17, 15) is 9.18 Å². The standard InChI is InChI=1S/C28H31FN2O/c1-20-4-3-19-31(20)21(2)23-7-5-22(6-8-23)17-18-30-28(32)26-11-9-24(10-12-26)25-13-15-27(29)16-14-25/h5-16,20-21H,3-4,17-19H2,1-2H3,(H,30,32). The monoisotopic (exact) mass is 430 g/mol. The first-order chi connectivity index (χ1) is 15.5. The highest BCUT2D eigenvalue weighted by atomic mass is 19.1. The van der Waals surface area contributed by atoms with Gasteiger partial charge in [-0.2, -0.15) is 0 Å². The largest absolute Gasteiger partial charge is 0.352 e. The van der Waals surface area contributed by atoms with Gasteiger partial charge in [-0.1, -0.05) is 48.5 Å². The zero-order valence-electron chi connectivity index (χ0n) is 18.9. The van der Waals surface area contributed by atoms with E-state index in [4.69, 9.17) is 0 Å². The minimum Gasteiger partial charge on any atom is -0.352 e. The summed E-state index contributed by atoms with van der Waals surface area (Å²) in [5.74, 6) is -0.334. The van der Waals surface area contributed by atoms with E-state index in [1.165, 1.54) is 42.6 Å². The molecule has 1 fully saturated rings. The molecule has 3 aromatic carbocycles. The zero-order valence-corrected chi connectivity index (χ0v) is 18.9. The number of hydrogen-bond donors (Lipinski definition) is 1. The van der Waals surface area contributed by atoms with Gasteiger partial charge in [0.2, 0.25) is 0 Å². The fraction of sp³-hybridized carbons (Fsp3) is 0.321. The summed E-state index contributed by atoms with van der Waals surface area (Å²) in [6, 6.07) is 23.7. The van der Waals surface area contributed by atoms with Gasteiger partial charge >= 0.3 is 0 Å². The van der Waals surface area contributed by atoms with Gasteiger partial charge in [-0.05, 0) is 86.2 Å². The summed E-state index contributed by atoms with van der Waals surface area (Å²) in [6.45, 7) is 6.38. The molecule has 0 aliphatic carbocycles. The highest BCUT2D eigenvalue weighted by molar-refractivity contribution is 5.94. The Morgan fingerprint density at radius 2 is 1.62 bits per heavy atom. The van der Waals surface area contributed by atoms with Crippen LogP contribution in [0.1, 0.15) is 54.2 Å². The predicted octanol–water partition coefficient (Wildman–Crippen LogP) is 6.01. The molecule has 1 aliphatic heterocycles. The van der Waals surface area contributed by atoms with E-state index in [2.05, 4.69) is 48.3 Å². The summed E-state index contributed by atoms with van der Waals surface area (Å²) in [6.07, 6.45) is 3.38. The number of rotatable bonds is 7. The lowest BCUT2D eigenvalue weighted by Gasteiger charge is -2.29. The molecule has 32 heavy (non-hydrogen) atoms. The molecule has 0 spiro atoms. The van der Waals surface area contributed by atoms with Crippen molar-refractivity contribution in [3.05, 3.63) is 95.3 Å². The van der Waals surface area contributed by atoms with Crippen LogP contribution in [-0.2, 0) is 6.42 Å². The Morgan fingerprint density at radius 3 is 2.22 bits per heavy atom. The lowest BCUT2D eigenvalue weighted by molar-refractivity contribution is 0.0954. The molecule has 1 heterocycles. The number of likely N-dealkylation sites (tertiary alicyclic amines) is 1. The number of nitrogens with zero attached hydrogens (tertiary/aromatic N) is 1. The van der Waals surface area contributed by atoms with Gasteiger partial charge < -0.3 is 5.32 Å². The number of nitrogens with one attached hydrogen (secondary N) is 1. The maximum Gasteiger partial charge on any atom is 0.251 e. The molecule has 1 N–H and O–H groups in total. The third kappa shape index (κ3) is 5.25. The normalized spacial score (nSPS) is 17.3. The van der Waals surface area contributed by atoms with Crippen molar-refractivity contribution in [2.45, 2.75) is 45.2 Å². The van der Waals surface area contributed by atoms with E-state index in [0.29, 0.717) is 24.2 Å². The molecule has 0 aromatic heterocycles. The molecule has 0 radical (unpaired) electrons. The number of halogens is 1. The number of carbonyl (C=O) groups excluding carboxylic acids is 1. The second-order valence-corrected chi connectivity index (χ2v) is 8.74. The average Bonchev–Trinajstić information content (AvgIpc) is 3.25. The molecular formula is C28H31FN2O. The van der Waals surface area contributed by atoms with Crippen molar-refractivity contribution < 1.29 is 9.18 Å². The molecule has 2 atom stereocenters. The van der Waals surface area contributed by atoms with Crippen LogP contribution in [0.3, 0.4) is 0 Å². The van der Waals surface area contributed by atoms with E-state index < -0.39 is 0 Å². The fourth-order valence-corrected chi connectivity index (χ4v) is 4.56. The minimum absolute atomic E-state index is 0.0797. The van der Waals surface area contributed by atoms with Crippen molar-refractivity contribution in [3.8, 4) is 11.1 Å². The Labute approximate surface area is 190 Å². The van der Waals surface area contributed by atoms with E-state index in [0.717, 1.165) is 17.5 Å². The minimum atomic E-state index is -0.255. The molecule has 0 bridgehead atoms. The summed E-state index contributed by atoms with van der Waals surface area (Å²) < 4.78 is 13.1. The maximum atomic E-state index is 13.1. The van der Waals surface area contributed by atoms with Gasteiger partial charge in [0, 0.05) is 24.2 Å². The van der Waals surface area contributed by atoms with E-state index in [1.807, 2.05) is 24.3 Å². The molecule has 4 heteroatoms. The topological polar surface area (TPSA) is 32.3 Å². The zero-order chi connectivity index (χ0) is 22.5. The first-order valence-electron chi connectivity index (χ1n) is 11.5. The fourth-order valence-electron chi connectivity index (χ4n) is 4.56. The van der Waals surface area contributed by atoms with Crippen LogP contribution in [0, 0.1) is 5.82 Å². The van der Waals surface area contributed by atoms with Crippen molar-refractivity contribution in [1.82, 2.24) is 10.2 Å². The Bertz CT molecular complexity index is 1030. The van der Waals surface area contributed by atoms with Crippen molar-refractivity contribution in [1.29, 1.82) is 0 Å². The second-order valence-electron chi connectivity index (χ2n) is 8.74. The van der Waals surface area contributed by atoms with E-state index in [1.54, 1.807) is 12.1 Å². The van der Waals surface area contributed by atoms with Crippen LogP contribution in [0.2, 0.25) is 0 Å². The van der Waals surface area contributed by atoms with Crippen LogP contribution >= 0.6 is 0 Å². The second kappa shape index (κ2) is 10.1. The third-order valence-electron chi connectivity index (χ3n) is 6.59. The van der Waals surface area contributed by atoms with Crippen molar-refractivity contribution in [3.63, 3.8) is 0 Å².